The Bertz CT molecular complexity index is 916. The first kappa shape index (κ1) is 17.3. The number of amides is 1. The fraction of sp³-hybridized carbons (Fsp3) is 0.273. The van der Waals surface area contributed by atoms with Crippen molar-refractivity contribution in [2.24, 2.45) is 0 Å². The topological polar surface area (TPSA) is 47.4 Å². The maximum absolute atomic E-state index is 12.9. The SMILES string of the molecule is CCOc1ccc(C(=O)N2CCc3ncc(-c4ccccc4)n3CC2)cc1. The number of hydrogen-bond acceptors (Lipinski definition) is 3. The smallest absolute Gasteiger partial charge is 0.253 e. The van der Waals surface area contributed by atoms with Crippen LogP contribution < -0.4 is 4.74 Å². The number of rotatable bonds is 4. The van der Waals surface area contributed by atoms with Crippen molar-refractivity contribution in [1.82, 2.24) is 14.5 Å². The highest BCUT2D eigenvalue weighted by Crippen LogP contribution is 2.23. The third-order valence-corrected chi connectivity index (χ3v) is 4.91. The molecule has 5 nitrogen and oxygen atoms in total. The van der Waals surface area contributed by atoms with Crippen molar-refractivity contribution in [2.45, 2.75) is 19.9 Å². The van der Waals surface area contributed by atoms with Crippen LogP contribution in [-0.2, 0) is 13.0 Å². The van der Waals surface area contributed by atoms with Crippen LogP contribution in [0.1, 0.15) is 23.1 Å². The highest BCUT2D eigenvalue weighted by atomic mass is 16.5. The standard InChI is InChI=1S/C22H23N3O2/c1-2-27-19-10-8-18(9-11-19)22(26)24-13-12-21-23-16-20(25(21)15-14-24)17-6-4-3-5-7-17/h3-11,16H,2,12-15H2,1H3. The maximum atomic E-state index is 12.9. The van der Waals surface area contributed by atoms with E-state index in [0.717, 1.165) is 35.8 Å². The Balaban J connectivity index is 1.50. The normalized spacial score (nSPS) is 13.7. The van der Waals surface area contributed by atoms with Crippen molar-refractivity contribution in [3.8, 4) is 17.0 Å². The molecular weight excluding hydrogens is 338 g/mol. The molecule has 0 unspecified atom stereocenters. The van der Waals surface area contributed by atoms with Gasteiger partial charge in [-0.15, -0.1) is 0 Å². The zero-order valence-corrected chi connectivity index (χ0v) is 15.5. The van der Waals surface area contributed by atoms with Gasteiger partial charge in [0.1, 0.15) is 11.6 Å². The minimum Gasteiger partial charge on any atom is -0.494 e. The minimum atomic E-state index is 0.0602. The fourth-order valence-electron chi connectivity index (χ4n) is 3.52. The molecule has 4 rings (SSSR count). The van der Waals surface area contributed by atoms with Crippen LogP contribution in [0.2, 0.25) is 0 Å². The van der Waals surface area contributed by atoms with Gasteiger partial charge in [-0.05, 0) is 36.8 Å². The van der Waals surface area contributed by atoms with Gasteiger partial charge in [-0.2, -0.15) is 0 Å². The lowest BCUT2D eigenvalue weighted by Crippen LogP contribution is -2.33. The Hall–Kier alpha value is -3.08. The Labute approximate surface area is 159 Å². The summed E-state index contributed by atoms with van der Waals surface area (Å²) >= 11 is 0. The summed E-state index contributed by atoms with van der Waals surface area (Å²) in [6, 6.07) is 17.7. The summed E-state index contributed by atoms with van der Waals surface area (Å²) in [4.78, 5) is 19.4. The summed E-state index contributed by atoms with van der Waals surface area (Å²) in [5.74, 6) is 1.89. The molecule has 0 saturated carbocycles. The molecule has 1 amide bonds. The zero-order valence-electron chi connectivity index (χ0n) is 15.5. The zero-order chi connectivity index (χ0) is 18.6. The first-order chi connectivity index (χ1) is 13.3. The monoisotopic (exact) mass is 361 g/mol. The summed E-state index contributed by atoms with van der Waals surface area (Å²) in [5, 5.41) is 0. The van der Waals surface area contributed by atoms with Gasteiger partial charge >= 0.3 is 0 Å². The average Bonchev–Trinajstić information content (AvgIpc) is 3.00. The van der Waals surface area contributed by atoms with E-state index in [2.05, 4.69) is 21.7 Å². The third-order valence-electron chi connectivity index (χ3n) is 4.91. The average molecular weight is 361 g/mol. The van der Waals surface area contributed by atoms with E-state index in [1.807, 2.05) is 60.5 Å². The Morgan fingerprint density at radius 1 is 1.04 bits per heavy atom. The van der Waals surface area contributed by atoms with Crippen LogP contribution in [0, 0.1) is 0 Å². The van der Waals surface area contributed by atoms with Crippen molar-refractivity contribution >= 4 is 5.91 Å². The number of hydrogen-bond donors (Lipinski definition) is 0. The molecular formula is C22H23N3O2. The number of carbonyl (C=O) groups excluding carboxylic acids is 1. The van der Waals surface area contributed by atoms with Crippen LogP contribution >= 0.6 is 0 Å². The highest BCUT2D eigenvalue weighted by Gasteiger charge is 2.22. The fourth-order valence-corrected chi connectivity index (χ4v) is 3.52. The summed E-state index contributed by atoms with van der Waals surface area (Å²) in [6.45, 7) is 4.67. The predicted molar refractivity (Wildman–Crippen MR) is 105 cm³/mol. The second kappa shape index (κ2) is 7.66. The lowest BCUT2D eigenvalue weighted by Gasteiger charge is -2.20. The van der Waals surface area contributed by atoms with Crippen LogP contribution in [0.5, 0.6) is 5.75 Å². The van der Waals surface area contributed by atoms with E-state index < -0.39 is 0 Å². The number of carbonyl (C=O) groups is 1. The molecule has 0 N–H and O–H groups in total. The van der Waals surface area contributed by atoms with E-state index in [0.29, 0.717) is 25.3 Å². The van der Waals surface area contributed by atoms with E-state index in [9.17, 15) is 4.79 Å². The summed E-state index contributed by atoms with van der Waals surface area (Å²) in [7, 11) is 0. The first-order valence-electron chi connectivity index (χ1n) is 9.38. The molecule has 138 valence electrons. The lowest BCUT2D eigenvalue weighted by atomic mass is 10.1. The summed E-state index contributed by atoms with van der Waals surface area (Å²) < 4.78 is 7.69. The Kier molecular flexibility index (Phi) is 4.92. The molecule has 0 saturated heterocycles. The molecule has 0 radical (unpaired) electrons. The van der Waals surface area contributed by atoms with Crippen LogP contribution in [0.3, 0.4) is 0 Å². The second-order valence-electron chi connectivity index (χ2n) is 6.58. The number of nitrogens with zero attached hydrogens (tertiary/aromatic N) is 3. The van der Waals surface area contributed by atoms with E-state index in [1.165, 1.54) is 0 Å². The number of aromatic nitrogens is 2. The molecule has 5 heteroatoms. The van der Waals surface area contributed by atoms with Crippen molar-refractivity contribution < 1.29 is 9.53 Å². The van der Waals surface area contributed by atoms with Crippen molar-refractivity contribution in [2.75, 3.05) is 19.7 Å². The maximum Gasteiger partial charge on any atom is 0.253 e. The summed E-state index contributed by atoms with van der Waals surface area (Å²) in [6.07, 6.45) is 2.70. The number of fused-ring (bicyclic) bond motifs is 1. The summed E-state index contributed by atoms with van der Waals surface area (Å²) in [5.41, 5.74) is 2.96. The van der Waals surface area contributed by atoms with Crippen molar-refractivity contribution in [3.63, 3.8) is 0 Å². The first-order valence-corrected chi connectivity index (χ1v) is 9.38. The Morgan fingerprint density at radius 2 is 1.81 bits per heavy atom. The molecule has 0 bridgehead atoms. The van der Waals surface area contributed by atoms with E-state index >= 15 is 0 Å². The van der Waals surface area contributed by atoms with Gasteiger partial charge in [0.05, 0.1) is 18.5 Å². The molecule has 0 spiro atoms. The largest absolute Gasteiger partial charge is 0.494 e. The molecule has 27 heavy (non-hydrogen) atoms. The molecule has 0 atom stereocenters. The lowest BCUT2D eigenvalue weighted by molar-refractivity contribution is 0.0759. The number of imidazole rings is 1. The van der Waals surface area contributed by atoms with Crippen molar-refractivity contribution in [1.29, 1.82) is 0 Å². The van der Waals surface area contributed by atoms with E-state index in [4.69, 9.17) is 4.74 Å². The van der Waals surface area contributed by atoms with Gasteiger partial charge in [-0.25, -0.2) is 4.98 Å². The number of benzene rings is 2. The minimum absolute atomic E-state index is 0.0602. The van der Waals surface area contributed by atoms with Crippen LogP contribution in [0.4, 0.5) is 0 Å². The van der Waals surface area contributed by atoms with E-state index in [1.54, 1.807) is 0 Å². The molecule has 1 aromatic heterocycles. The van der Waals surface area contributed by atoms with Gasteiger partial charge in [0, 0.05) is 31.6 Å². The predicted octanol–water partition coefficient (Wildman–Crippen LogP) is 3.65. The van der Waals surface area contributed by atoms with Gasteiger partial charge in [0.25, 0.3) is 5.91 Å². The second-order valence-corrected chi connectivity index (χ2v) is 6.58. The number of ether oxygens (including phenoxy) is 1. The van der Waals surface area contributed by atoms with Gasteiger partial charge in [-0.3, -0.25) is 4.79 Å². The van der Waals surface area contributed by atoms with Gasteiger partial charge in [0.2, 0.25) is 0 Å². The highest BCUT2D eigenvalue weighted by molar-refractivity contribution is 5.94. The van der Waals surface area contributed by atoms with Crippen molar-refractivity contribution in [3.05, 3.63) is 72.2 Å². The molecule has 0 aliphatic carbocycles. The Morgan fingerprint density at radius 3 is 2.56 bits per heavy atom. The van der Waals surface area contributed by atoms with Gasteiger partial charge in [-0.1, -0.05) is 30.3 Å². The van der Waals surface area contributed by atoms with Gasteiger partial charge < -0.3 is 14.2 Å². The third kappa shape index (κ3) is 3.58. The quantitative estimate of drug-likeness (QED) is 0.713. The molecule has 2 heterocycles. The molecule has 3 aromatic rings. The molecule has 0 fully saturated rings. The molecule has 1 aliphatic rings. The van der Waals surface area contributed by atoms with Crippen LogP contribution in [-0.4, -0.2) is 40.1 Å². The van der Waals surface area contributed by atoms with Gasteiger partial charge in [0.15, 0.2) is 0 Å². The molecule has 1 aliphatic heterocycles. The van der Waals surface area contributed by atoms with E-state index in [-0.39, 0.29) is 5.91 Å². The van der Waals surface area contributed by atoms with Crippen LogP contribution in [0.25, 0.3) is 11.3 Å². The molecule has 2 aromatic carbocycles. The van der Waals surface area contributed by atoms with Crippen LogP contribution in [0.15, 0.2) is 60.8 Å².